The number of aromatic nitrogens is 4. The van der Waals surface area contributed by atoms with Crippen molar-refractivity contribution in [3.63, 3.8) is 0 Å². The van der Waals surface area contributed by atoms with Crippen LogP contribution in [0.5, 0.6) is 17.4 Å². The minimum atomic E-state index is -0.877. The van der Waals surface area contributed by atoms with Crippen molar-refractivity contribution in [2.45, 2.75) is 0 Å². The number of anilines is 2. The van der Waals surface area contributed by atoms with Gasteiger partial charge < -0.3 is 19.5 Å². The van der Waals surface area contributed by atoms with Crippen LogP contribution in [-0.2, 0) is 4.74 Å². The monoisotopic (exact) mass is 575 g/mol. The van der Waals surface area contributed by atoms with E-state index in [9.17, 15) is 13.9 Å². The van der Waals surface area contributed by atoms with E-state index >= 15 is 0 Å². The summed E-state index contributed by atoms with van der Waals surface area (Å²) in [7, 11) is 0. The van der Waals surface area contributed by atoms with Crippen LogP contribution in [0.25, 0.3) is 0 Å². The predicted molar refractivity (Wildman–Crippen MR) is 124 cm³/mol. The second kappa shape index (κ2) is 10.6. The third kappa shape index (κ3) is 5.43. The van der Waals surface area contributed by atoms with Crippen molar-refractivity contribution in [2.24, 2.45) is 5.10 Å². The number of rotatable bonds is 6. The number of phenolic OH excluding ortho intramolecular Hbond substituents is 1. The van der Waals surface area contributed by atoms with E-state index in [0.29, 0.717) is 26.3 Å². The Morgan fingerprint density at radius 1 is 1.18 bits per heavy atom. The standard InChI is InChI=1S/C19H14BrCl2F2N7O3/c20-10-5-9(14(32)13(21)15(10)34-17-12(24)8-25-18(22)29-17)6-27-30-19-26-7-11(23)16(28-19)31-1-3-33-4-2-31/h5-8,32H,1-4H2,(H,26,28,30)/b27-6-. The molecule has 178 valence electrons. The summed E-state index contributed by atoms with van der Waals surface area (Å²) in [6.07, 6.45) is 3.10. The average Bonchev–Trinajstić information content (AvgIpc) is 2.83. The van der Waals surface area contributed by atoms with Gasteiger partial charge in [0.15, 0.2) is 17.4 Å². The molecule has 10 nitrogen and oxygen atoms in total. The molecule has 0 amide bonds. The molecular formula is C19H14BrCl2F2N7O3. The summed E-state index contributed by atoms with van der Waals surface area (Å²) in [4.78, 5) is 16.9. The molecule has 0 aliphatic carbocycles. The second-order valence-electron chi connectivity index (χ2n) is 6.67. The number of aromatic hydroxyl groups is 1. The Hall–Kier alpha value is -2.87. The zero-order chi connectivity index (χ0) is 24.2. The molecule has 0 spiro atoms. The molecular weight excluding hydrogens is 563 g/mol. The highest BCUT2D eigenvalue weighted by molar-refractivity contribution is 9.10. The number of hydrazone groups is 1. The maximum absolute atomic E-state index is 14.1. The van der Waals surface area contributed by atoms with E-state index in [1.54, 1.807) is 4.90 Å². The Bertz CT molecular complexity index is 1250. The molecule has 1 saturated heterocycles. The second-order valence-corrected chi connectivity index (χ2v) is 8.24. The van der Waals surface area contributed by atoms with Gasteiger partial charge in [-0.15, -0.1) is 0 Å². The van der Waals surface area contributed by atoms with Crippen molar-refractivity contribution in [1.82, 2.24) is 19.9 Å². The SMILES string of the molecule is Oc1c(/C=N\Nc2ncc(F)c(N3CCOCC3)n2)cc(Br)c(Oc2nc(Cl)ncc2F)c1Cl. The first kappa shape index (κ1) is 24.3. The molecule has 0 radical (unpaired) electrons. The van der Waals surface area contributed by atoms with E-state index in [1.165, 1.54) is 12.3 Å². The zero-order valence-electron chi connectivity index (χ0n) is 17.0. The molecule has 0 saturated carbocycles. The number of hydrogen-bond acceptors (Lipinski definition) is 10. The van der Waals surface area contributed by atoms with Crippen molar-refractivity contribution in [3.8, 4) is 17.4 Å². The quantitative estimate of drug-likeness (QED) is 0.250. The van der Waals surface area contributed by atoms with Gasteiger partial charge in [-0.25, -0.2) is 19.8 Å². The molecule has 0 unspecified atom stereocenters. The first-order valence-corrected chi connectivity index (χ1v) is 11.1. The number of halogens is 5. The topological polar surface area (TPSA) is 118 Å². The molecule has 2 N–H and O–H groups in total. The van der Waals surface area contributed by atoms with Crippen LogP contribution in [0, 0.1) is 11.6 Å². The van der Waals surface area contributed by atoms with Gasteiger partial charge in [-0.1, -0.05) is 11.6 Å². The van der Waals surface area contributed by atoms with E-state index in [0.717, 1.165) is 12.4 Å². The van der Waals surface area contributed by atoms with E-state index < -0.39 is 23.3 Å². The highest BCUT2D eigenvalue weighted by Gasteiger charge is 2.20. The lowest BCUT2D eigenvalue weighted by Crippen LogP contribution is -2.37. The van der Waals surface area contributed by atoms with Crippen molar-refractivity contribution in [1.29, 1.82) is 0 Å². The first-order chi connectivity index (χ1) is 16.3. The van der Waals surface area contributed by atoms with Crippen LogP contribution >= 0.6 is 39.1 Å². The van der Waals surface area contributed by atoms with Crippen LogP contribution in [0.4, 0.5) is 20.5 Å². The summed E-state index contributed by atoms with van der Waals surface area (Å²) >= 11 is 15.1. The minimum absolute atomic E-state index is 0.0415. The van der Waals surface area contributed by atoms with Gasteiger partial charge in [0.25, 0.3) is 5.88 Å². The largest absolute Gasteiger partial charge is 0.506 e. The smallest absolute Gasteiger partial charge is 0.260 e. The number of benzene rings is 1. The van der Waals surface area contributed by atoms with Crippen LogP contribution in [0.3, 0.4) is 0 Å². The summed E-state index contributed by atoms with van der Waals surface area (Å²) in [6.45, 7) is 1.93. The molecule has 1 aliphatic heterocycles. The third-order valence-electron chi connectivity index (χ3n) is 4.47. The minimum Gasteiger partial charge on any atom is -0.506 e. The van der Waals surface area contributed by atoms with Gasteiger partial charge in [0.2, 0.25) is 17.0 Å². The molecule has 1 aromatic carbocycles. The van der Waals surface area contributed by atoms with Crippen LogP contribution in [0.2, 0.25) is 10.3 Å². The Kier molecular flexibility index (Phi) is 7.56. The van der Waals surface area contributed by atoms with Gasteiger partial charge in [-0.05, 0) is 33.6 Å². The van der Waals surface area contributed by atoms with Gasteiger partial charge in [-0.3, -0.25) is 0 Å². The third-order valence-corrected chi connectivity index (χ3v) is 5.59. The van der Waals surface area contributed by atoms with Crippen molar-refractivity contribution in [3.05, 3.63) is 50.4 Å². The van der Waals surface area contributed by atoms with Crippen LogP contribution in [0.15, 0.2) is 28.0 Å². The molecule has 4 rings (SSSR count). The highest BCUT2D eigenvalue weighted by atomic mass is 79.9. The maximum atomic E-state index is 14.1. The van der Waals surface area contributed by atoms with Gasteiger partial charge in [0, 0.05) is 18.7 Å². The zero-order valence-corrected chi connectivity index (χ0v) is 20.1. The van der Waals surface area contributed by atoms with Crippen LogP contribution < -0.4 is 15.1 Å². The summed E-state index contributed by atoms with van der Waals surface area (Å²) in [5.41, 5.74) is 2.75. The predicted octanol–water partition coefficient (Wildman–Crippen LogP) is 4.39. The number of phenols is 1. The molecule has 3 aromatic rings. The Morgan fingerprint density at radius 2 is 1.91 bits per heavy atom. The summed E-state index contributed by atoms with van der Waals surface area (Å²) in [5.74, 6) is -2.26. The lowest BCUT2D eigenvalue weighted by molar-refractivity contribution is 0.122. The molecule has 15 heteroatoms. The number of nitrogens with zero attached hydrogens (tertiary/aromatic N) is 6. The molecule has 0 atom stereocenters. The Balaban J connectivity index is 1.52. The lowest BCUT2D eigenvalue weighted by atomic mass is 10.2. The number of morpholine rings is 1. The van der Waals surface area contributed by atoms with E-state index in [-0.39, 0.29) is 37.9 Å². The number of hydrogen-bond donors (Lipinski definition) is 2. The average molecular weight is 577 g/mol. The summed E-state index contributed by atoms with van der Waals surface area (Å²) < 4.78 is 38.9. The van der Waals surface area contributed by atoms with Crippen LogP contribution in [0.1, 0.15) is 5.56 Å². The van der Waals surface area contributed by atoms with Crippen molar-refractivity contribution in [2.75, 3.05) is 36.6 Å². The maximum Gasteiger partial charge on any atom is 0.260 e. The number of ether oxygens (including phenoxy) is 2. The fraction of sp³-hybridized carbons (Fsp3) is 0.211. The summed E-state index contributed by atoms with van der Waals surface area (Å²) in [6, 6.07) is 1.42. The molecule has 0 bridgehead atoms. The molecule has 1 fully saturated rings. The molecule has 1 aliphatic rings. The normalized spacial score (nSPS) is 14.0. The van der Waals surface area contributed by atoms with Gasteiger partial charge in [0.1, 0.15) is 10.8 Å². The molecule has 34 heavy (non-hydrogen) atoms. The fourth-order valence-corrected chi connectivity index (χ4v) is 3.88. The van der Waals surface area contributed by atoms with Crippen LogP contribution in [-0.4, -0.2) is 57.6 Å². The molecule has 2 aromatic heterocycles. The number of nitrogens with one attached hydrogen (secondary N) is 1. The van der Waals surface area contributed by atoms with Gasteiger partial charge in [0.05, 0.1) is 36.3 Å². The van der Waals surface area contributed by atoms with Crippen molar-refractivity contribution >= 4 is 57.1 Å². The highest BCUT2D eigenvalue weighted by Crippen LogP contribution is 2.43. The summed E-state index contributed by atoms with van der Waals surface area (Å²) in [5, 5.41) is 13.9. The van der Waals surface area contributed by atoms with Gasteiger partial charge in [-0.2, -0.15) is 19.5 Å². The first-order valence-electron chi connectivity index (χ1n) is 9.54. The lowest BCUT2D eigenvalue weighted by Gasteiger charge is -2.27. The van der Waals surface area contributed by atoms with Crippen molar-refractivity contribution < 1.29 is 23.4 Å². The fourth-order valence-electron chi connectivity index (χ4n) is 2.87. The molecule has 3 heterocycles. The Labute approximate surface area is 209 Å². The van der Waals surface area contributed by atoms with E-state index in [2.05, 4.69) is 46.4 Å². The van der Waals surface area contributed by atoms with E-state index in [1.807, 2.05) is 0 Å². The van der Waals surface area contributed by atoms with Gasteiger partial charge >= 0.3 is 0 Å². The Morgan fingerprint density at radius 3 is 2.68 bits per heavy atom. The van der Waals surface area contributed by atoms with E-state index in [4.69, 9.17) is 32.7 Å².